The lowest BCUT2D eigenvalue weighted by atomic mass is 10.1. The second-order valence-corrected chi connectivity index (χ2v) is 7.09. The number of pyridine rings is 1. The van der Waals surface area contributed by atoms with Crippen molar-refractivity contribution in [2.24, 2.45) is 0 Å². The number of aryl methyl sites for hydroxylation is 1. The molecule has 1 aliphatic heterocycles. The number of hydrogen-bond acceptors (Lipinski definition) is 4. The SMILES string of the molecule is Cc1ncccc1C(=O)N1CC(F)(F)C[C@H]1c1nncn1Cc1ccc(F)cc1. The van der Waals surface area contributed by atoms with Crippen molar-refractivity contribution >= 4 is 5.91 Å². The van der Waals surface area contributed by atoms with Crippen LogP contribution >= 0.6 is 0 Å². The monoisotopic (exact) mass is 401 g/mol. The van der Waals surface area contributed by atoms with Crippen molar-refractivity contribution < 1.29 is 18.0 Å². The Kier molecular flexibility index (Phi) is 4.81. The van der Waals surface area contributed by atoms with Gasteiger partial charge in [-0.05, 0) is 36.8 Å². The first-order chi connectivity index (χ1) is 13.8. The molecule has 150 valence electrons. The van der Waals surface area contributed by atoms with Gasteiger partial charge in [0.2, 0.25) is 0 Å². The number of hydrogen-bond donors (Lipinski definition) is 0. The van der Waals surface area contributed by atoms with E-state index < -0.39 is 30.8 Å². The zero-order valence-electron chi connectivity index (χ0n) is 15.6. The van der Waals surface area contributed by atoms with Crippen LogP contribution in [0.15, 0.2) is 48.9 Å². The summed E-state index contributed by atoms with van der Waals surface area (Å²) in [4.78, 5) is 18.2. The lowest BCUT2D eigenvalue weighted by molar-refractivity contribution is 0.0117. The first-order valence-electron chi connectivity index (χ1n) is 9.07. The summed E-state index contributed by atoms with van der Waals surface area (Å²) in [6.07, 6.45) is 2.43. The second-order valence-electron chi connectivity index (χ2n) is 7.09. The maximum absolute atomic E-state index is 14.3. The number of alkyl halides is 2. The predicted molar refractivity (Wildman–Crippen MR) is 97.8 cm³/mol. The van der Waals surface area contributed by atoms with Crippen LogP contribution in [-0.4, -0.2) is 43.0 Å². The molecule has 4 rings (SSSR count). The molecule has 1 aromatic carbocycles. The molecule has 2 aromatic heterocycles. The smallest absolute Gasteiger partial charge is 0.267 e. The van der Waals surface area contributed by atoms with Crippen LogP contribution in [0.4, 0.5) is 13.2 Å². The van der Waals surface area contributed by atoms with Crippen molar-refractivity contribution in [3.8, 4) is 0 Å². The molecular formula is C20H18F3N5O. The highest BCUT2D eigenvalue weighted by Crippen LogP contribution is 2.41. The fourth-order valence-electron chi connectivity index (χ4n) is 3.56. The number of carbonyl (C=O) groups excluding carboxylic acids is 1. The van der Waals surface area contributed by atoms with Gasteiger partial charge in [-0.25, -0.2) is 13.2 Å². The van der Waals surface area contributed by atoms with Crippen molar-refractivity contribution in [3.63, 3.8) is 0 Å². The van der Waals surface area contributed by atoms with E-state index in [1.54, 1.807) is 42.0 Å². The highest BCUT2D eigenvalue weighted by Gasteiger charge is 2.49. The molecule has 6 nitrogen and oxygen atoms in total. The van der Waals surface area contributed by atoms with Crippen LogP contribution in [0.3, 0.4) is 0 Å². The first-order valence-corrected chi connectivity index (χ1v) is 9.07. The van der Waals surface area contributed by atoms with Crippen molar-refractivity contribution in [2.45, 2.75) is 31.9 Å². The van der Waals surface area contributed by atoms with E-state index in [2.05, 4.69) is 15.2 Å². The summed E-state index contributed by atoms with van der Waals surface area (Å²) in [5, 5.41) is 7.88. The normalized spacial score (nSPS) is 18.2. The molecule has 0 aliphatic carbocycles. The Hall–Kier alpha value is -3.23. The van der Waals surface area contributed by atoms with E-state index in [1.165, 1.54) is 18.5 Å². The van der Waals surface area contributed by atoms with Gasteiger partial charge in [0.1, 0.15) is 12.1 Å². The maximum Gasteiger partial charge on any atom is 0.267 e. The molecule has 0 N–H and O–H groups in total. The number of carbonyl (C=O) groups is 1. The number of rotatable bonds is 4. The van der Waals surface area contributed by atoms with E-state index >= 15 is 0 Å². The molecule has 3 heterocycles. The van der Waals surface area contributed by atoms with E-state index in [4.69, 9.17) is 0 Å². The summed E-state index contributed by atoms with van der Waals surface area (Å²) < 4.78 is 43.4. The molecule has 0 radical (unpaired) electrons. The molecule has 1 saturated heterocycles. The summed E-state index contributed by atoms with van der Waals surface area (Å²) in [5.74, 6) is -3.66. The Labute approximate surface area is 165 Å². The van der Waals surface area contributed by atoms with Gasteiger partial charge in [-0.15, -0.1) is 10.2 Å². The zero-order valence-corrected chi connectivity index (χ0v) is 15.6. The van der Waals surface area contributed by atoms with Crippen LogP contribution in [0, 0.1) is 12.7 Å². The third kappa shape index (κ3) is 3.85. The van der Waals surface area contributed by atoms with Gasteiger partial charge in [0, 0.05) is 18.3 Å². The van der Waals surface area contributed by atoms with E-state index in [0.717, 1.165) is 10.5 Å². The molecule has 0 unspecified atom stereocenters. The highest BCUT2D eigenvalue weighted by atomic mass is 19.3. The Morgan fingerprint density at radius 3 is 2.72 bits per heavy atom. The average Bonchev–Trinajstić information content (AvgIpc) is 3.26. The van der Waals surface area contributed by atoms with Gasteiger partial charge in [0.25, 0.3) is 11.8 Å². The summed E-state index contributed by atoms with van der Waals surface area (Å²) in [6.45, 7) is 1.24. The summed E-state index contributed by atoms with van der Waals surface area (Å²) in [6, 6.07) is 8.09. The van der Waals surface area contributed by atoms with Crippen LogP contribution in [0.2, 0.25) is 0 Å². The van der Waals surface area contributed by atoms with Gasteiger partial charge in [-0.1, -0.05) is 12.1 Å². The van der Waals surface area contributed by atoms with E-state index in [1.807, 2.05) is 0 Å². The van der Waals surface area contributed by atoms with Crippen molar-refractivity contribution in [3.05, 3.63) is 77.4 Å². The van der Waals surface area contributed by atoms with Crippen LogP contribution in [0.5, 0.6) is 0 Å². The lowest BCUT2D eigenvalue weighted by Crippen LogP contribution is -2.34. The molecule has 1 aliphatic rings. The average molecular weight is 401 g/mol. The Morgan fingerprint density at radius 1 is 1.24 bits per heavy atom. The van der Waals surface area contributed by atoms with E-state index in [0.29, 0.717) is 5.69 Å². The fraction of sp³-hybridized carbons (Fsp3) is 0.300. The van der Waals surface area contributed by atoms with Crippen molar-refractivity contribution in [1.82, 2.24) is 24.6 Å². The highest BCUT2D eigenvalue weighted by molar-refractivity contribution is 5.95. The van der Waals surface area contributed by atoms with Gasteiger partial charge >= 0.3 is 0 Å². The van der Waals surface area contributed by atoms with E-state index in [9.17, 15) is 18.0 Å². The standard InChI is InChI=1S/C20H18F3N5O/c1-13-16(3-2-8-24-13)19(29)28-11-20(22,23)9-17(28)18-26-25-12-27(18)10-14-4-6-15(21)7-5-14/h2-8,12,17H,9-11H2,1H3/t17-/m0/s1. The molecule has 9 heteroatoms. The minimum Gasteiger partial charge on any atom is -0.322 e. The predicted octanol–water partition coefficient (Wildman–Crippen LogP) is 3.39. The summed E-state index contributed by atoms with van der Waals surface area (Å²) in [7, 11) is 0. The second kappa shape index (κ2) is 7.31. The molecule has 29 heavy (non-hydrogen) atoms. The van der Waals surface area contributed by atoms with Gasteiger partial charge in [0.05, 0.1) is 24.7 Å². The van der Waals surface area contributed by atoms with Crippen LogP contribution in [0.25, 0.3) is 0 Å². The Bertz CT molecular complexity index is 1030. The topological polar surface area (TPSA) is 63.9 Å². The number of halogens is 3. The molecule has 1 amide bonds. The molecular weight excluding hydrogens is 383 g/mol. The molecule has 1 atom stereocenters. The van der Waals surface area contributed by atoms with Gasteiger partial charge in [0.15, 0.2) is 5.82 Å². The fourth-order valence-corrected chi connectivity index (χ4v) is 3.56. The van der Waals surface area contributed by atoms with Crippen molar-refractivity contribution in [2.75, 3.05) is 6.54 Å². The molecule has 0 bridgehead atoms. The van der Waals surface area contributed by atoms with Gasteiger partial charge in [-0.2, -0.15) is 0 Å². The molecule has 0 saturated carbocycles. The Morgan fingerprint density at radius 2 is 2.00 bits per heavy atom. The molecule has 1 fully saturated rings. The minimum atomic E-state index is -3.04. The number of benzene rings is 1. The zero-order chi connectivity index (χ0) is 20.6. The first kappa shape index (κ1) is 19.1. The summed E-state index contributed by atoms with van der Waals surface area (Å²) in [5.41, 5.74) is 1.51. The van der Waals surface area contributed by atoms with E-state index in [-0.39, 0.29) is 23.7 Å². The summed E-state index contributed by atoms with van der Waals surface area (Å²) >= 11 is 0. The molecule has 0 spiro atoms. The maximum atomic E-state index is 14.3. The van der Waals surface area contributed by atoms with Gasteiger partial charge < -0.3 is 9.47 Å². The molecule has 3 aromatic rings. The number of aromatic nitrogens is 4. The largest absolute Gasteiger partial charge is 0.322 e. The minimum absolute atomic E-state index is 0.265. The number of amides is 1. The van der Waals surface area contributed by atoms with Gasteiger partial charge in [-0.3, -0.25) is 9.78 Å². The third-order valence-electron chi connectivity index (χ3n) is 4.98. The van der Waals surface area contributed by atoms with Crippen LogP contribution < -0.4 is 0 Å². The number of likely N-dealkylation sites (tertiary alicyclic amines) is 1. The third-order valence-corrected chi connectivity index (χ3v) is 4.98. The van der Waals surface area contributed by atoms with Crippen LogP contribution in [0.1, 0.15) is 39.9 Å². The number of nitrogens with zero attached hydrogens (tertiary/aromatic N) is 5. The van der Waals surface area contributed by atoms with Crippen molar-refractivity contribution in [1.29, 1.82) is 0 Å². The Balaban J connectivity index is 1.66. The lowest BCUT2D eigenvalue weighted by Gasteiger charge is -2.24. The quantitative estimate of drug-likeness (QED) is 0.672. The van der Waals surface area contributed by atoms with Crippen LogP contribution in [-0.2, 0) is 6.54 Å².